The molecule has 2 saturated carbocycles. The molecule has 2 heterocycles. The van der Waals surface area contributed by atoms with E-state index in [2.05, 4.69) is 14.9 Å². The summed E-state index contributed by atoms with van der Waals surface area (Å²) in [5, 5.41) is 8.61. The average molecular weight is 360 g/mol. The van der Waals surface area contributed by atoms with E-state index in [-0.39, 0.29) is 29.6 Å². The van der Waals surface area contributed by atoms with E-state index in [1.165, 1.54) is 6.26 Å². The first kappa shape index (κ1) is 16.3. The van der Waals surface area contributed by atoms with E-state index in [0.29, 0.717) is 5.76 Å². The topological polar surface area (TPSA) is 88.3 Å². The third-order valence-electron chi connectivity index (χ3n) is 4.79. The van der Waals surface area contributed by atoms with Crippen LogP contribution >= 0.6 is 11.5 Å². The highest BCUT2D eigenvalue weighted by Gasteiger charge is 2.44. The number of furan rings is 1. The lowest BCUT2D eigenvalue weighted by Gasteiger charge is -2.30. The standard InChI is InChI=1S/C17H20N4O3S/c22-16(18-11-4-1-2-5-11)15(14-6-3-9-24-14)21(12-7-8-12)17(23)13-10-25-20-19-13/h3,6,9-12,15H,1-2,4-5,7-8H2,(H,18,22). The van der Waals surface area contributed by atoms with E-state index in [1.807, 2.05) is 0 Å². The molecule has 25 heavy (non-hydrogen) atoms. The maximum atomic E-state index is 13.0. The second-order valence-electron chi connectivity index (χ2n) is 6.64. The number of aromatic nitrogens is 2. The fraction of sp³-hybridized carbons (Fsp3) is 0.529. The Kier molecular flexibility index (Phi) is 4.52. The molecule has 2 aliphatic rings. The minimum Gasteiger partial charge on any atom is -0.467 e. The minimum atomic E-state index is -0.766. The number of hydrogen-bond donors (Lipinski definition) is 1. The zero-order chi connectivity index (χ0) is 17.2. The summed E-state index contributed by atoms with van der Waals surface area (Å²) in [6.07, 6.45) is 7.55. The highest BCUT2D eigenvalue weighted by atomic mass is 32.1. The molecule has 0 aliphatic heterocycles. The molecular formula is C17H20N4O3S. The van der Waals surface area contributed by atoms with Crippen LogP contribution in [-0.4, -0.2) is 38.4 Å². The molecule has 2 amide bonds. The van der Waals surface area contributed by atoms with Crippen LogP contribution in [0.4, 0.5) is 0 Å². The molecule has 2 aromatic heterocycles. The zero-order valence-electron chi connectivity index (χ0n) is 13.8. The second-order valence-corrected chi connectivity index (χ2v) is 7.25. The maximum absolute atomic E-state index is 13.0. The van der Waals surface area contributed by atoms with Crippen LogP contribution in [0, 0.1) is 0 Å². The van der Waals surface area contributed by atoms with Gasteiger partial charge in [0.2, 0.25) is 0 Å². The maximum Gasteiger partial charge on any atom is 0.276 e. The predicted molar refractivity (Wildman–Crippen MR) is 90.9 cm³/mol. The van der Waals surface area contributed by atoms with Crippen LogP contribution in [0.2, 0.25) is 0 Å². The summed E-state index contributed by atoms with van der Waals surface area (Å²) in [6, 6.07) is 2.95. The Balaban J connectivity index is 1.63. The number of hydrogen-bond acceptors (Lipinski definition) is 6. The molecule has 0 aromatic carbocycles. The Labute approximate surface area is 149 Å². The van der Waals surface area contributed by atoms with Gasteiger partial charge in [0.05, 0.1) is 6.26 Å². The third kappa shape index (κ3) is 3.44. The Bertz CT molecular complexity index is 721. The highest BCUT2D eigenvalue weighted by molar-refractivity contribution is 7.03. The molecule has 0 spiro atoms. The molecule has 132 valence electrons. The predicted octanol–water partition coefficient (Wildman–Crippen LogP) is 2.54. The first-order valence-electron chi connectivity index (χ1n) is 8.67. The van der Waals surface area contributed by atoms with Gasteiger partial charge < -0.3 is 14.6 Å². The van der Waals surface area contributed by atoms with Gasteiger partial charge in [0.25, 0.3) is 11.8 Å². The van der Waals surface area contributed by atoms with Crippen molar-refractivity contribution < 1.29 is 14.0 Å². The molecule has 0 radical (unpaired) electrons. The van der Waals surface area contributed by atoms with Gasteiger partial charge in [-0.3, -0.25) is 9.59 Å². The lowest BCUT2D eigenvalue weighted by molar-refractivity contribution is -0.127. The first-order valence-corrected chi connectivity index (χ1v) is 9.51. The third-order valence-corrected chi connectivity index (χ3v) is 5.30. The Morgan fingerprint density at radius 2 is 2.08 bits per heavy atom. The summed E-state index contributed by atoms with van der Waals surface area (Å²) in [5.74, 6) is 0.0449. The number of rotatable bonds is 6. The monoisotopic (exact) mass is 360 g/mol. The number of carbonyl (C=O) groups excluding carboxylic acids is 2. The van der Waals surface area contributed by atoms with Crippen LogP contribution in [0.3, 0.4) is 0 Å². The molecule has 1 unspecified atom stereocenters. The normalized spacial score (nSPS) is 18.9. The van der Waals surface area contributed by atoms with E-state index >= 15 is 0 Å². The summed E-state index contributed by atoms with van der Waals surface area (Å²) < 4.78 is 9.30. The van der Waals surface area contributed by atoms with Crippen LogP contribution in [0.5, 0.6) is 0 Å². The van der Waals surface area contributed by atoms with Gasteiger partial charge in [-0.05, 0) is 49.3 Å². The SMILES string of the molecule is O=C(NC1CCCC1)C(c1ccco1)N(C(=O)c1csnn1)C1CC1. The molecule has 2 aliphatic carbocycles. The van der Waals surface area contributed by atoms with Crippen LogP contribution in [0.15, 0.2) is 28.2 Å². The van der Waals surface area contributed by atoms with Gasteiger partial charge in [0, 0.05) is 17.5 Å². The van der Waals surface area contributed by atoms with Crippen molar-refractivity contribution in [3.05, 3.63) is 35.2 Å². The number of nitrogens with zero attached hydrogens (tertiary/aromatic N) is 3. The van der Waals surface area contributed by atoms with Gasteiger partial charge in [0.1, 0.15) is 5.76 Å². The molecule has 1 atom stereocenters. The van der Waals surface area contributed by atoms with E-state index < -0.39 is 6.04 Å². The van der Waals surface area contributed by atoms with Gasteiger partial charge in [-0.1, -0.05) is 17.3 Å². The molecule has 8 heteroatoms. The first-order chi connectivity index (χ1) is 12.2. The summed E-state index contributed by atoms with van der Waals surface area (Å²) in [7, 11) is 0. The van der Waals surface area contributed by atoms with Gasteiger partial charge in [-0.25, -0.2) is 0 Å². The Morgan fingerprint density at radius 1 is 1.28 bits per heavy atom. The highest BCUT2D eigenvalue weighted by Crippen LogP contribution is 2.36. The summed E-state index contributed by atoms with van der Waals surface area (Å²) in [6.45, 7) is 0. The van der Waals surface area contributed by atoms with Crippen LogP contribution < -0.4 is 5.32 Å². The molecule has 0 saturated heterocycles. The molecular weight excluding hydrogens is 340 g/mol. The van der Waals surface area contributed by atoms with Crippen molar-refractivity contribution >= 4 is 23.3 Å². The Hall–Kier alpha value is -2.22. The minimum absolute atomic E-state index is 0.0404. The van der Waals surface area contributed by atoms with Crippen LogP contribution in [0.1, 0.15) is 60.8 Å². The molecule has 2 fully saturated rings. The lowest BCUT2D eigenvalue weighted by atomic mass is 10.1. The van der Waals surface area contributed by atoms with E-state index in [0.717, 1.165) is 50.1 Å². The fourth-order valence-electron chi connectivity index (χ4n) is 3.43. The van der Waals surface area contributed by atoms with Crippen molar-refractivity contribution in [1.29, 1.82) is 0 Å². The van der Waals surface area contributed by atoms with Crippen LogP contribution in [0.25, 0.3) is 0 Å². The van der Waals surface area contributed by atoms with Crippen molar-refractivity contribution in [2.75, 3.05) is 0 Å². The van der Waals surface area contributed by atoms with Gasteiger partial charge in [-0.2, -0.15) is 0 Å². The van der Waals surface area contributed by atoms with E-state index in [4.69, 9.17) is 4.42 Å². The molecule has 2 aromatic rings. The lowest BCUT2D eigenvalue weighted by Crippen LogP contribution is -2.47. The van der Waals surface area contributed by atoms with E-state index in [1.54, 1.807) is 22.4 Å². The molecule has 1 N–H and O–H groups in total. The molecule has 7 nitrogen and oxygen atoms in total. The Morgan fingerprint density at radius 3 is 2.68 bits per heavy atom. The summed E-state index contributed by atoms with van der Waals surface area (Å²) in [5.41, 5.74) is 0.280. The number of nitrogens with one attached hydrogen (secondary N) is 1. The molecule has 4 rings (SSSR count). The summed E-state index contributed by atoms with van der Waals surface area (Å²) >= 11 is 1.13. The summed E-state index contributed by atoms with van der Waals surface area (Å²) in [4.78, 5) is 27.6. The van der Waals surface area contributed by atoms with Crippen LogP contribution in [-0.2, 0) is 4.79 Å². The average Bonchev–Trinajstić information content (AvgIpc) is 3.10. The van der Waals surface area contributed by atoms with Gasteiger partial charge >= 0.3 is 0 Å². The number of amides is 2. The van der Waals surface area contributed by atoms with Crippen molar-refractivity contribution in [3.8, 4) is 0 Å². The van der Waals surface area contributed by atoms with Crippen molar-refractivity contribution in [2.24, 2.45) is 0 Å². The van der Waals surface area contributed by atoms with E-state index in [9.17, 15) is 9.59 Å². The second kappa shape index (κ2) is 6.95. The quantitative estimate of drug-likeness (QED) is 0.855. The number of carbonyl (C=O) groups is 2. The smallest absolute Gasteiger partial charge is 0.276 e. The molecule has 0 bridgehead atoms. The largest absolute Gasteiger partial charge is 0.467 e. The van der Waals surface area contributed by atoms with Crippen molar-refractivity contribution in [2.45, 2.75) is 56.7 Å². The fourth-order valence-corrected chi connectivity index (χ4v) is 3.86. The zero-order valence-corrected chi connectivity index (χ0v) is 14.6. The van der Waals surface area contributed by atoms with Gasteiger partial charge in [0.15, 0.2) is 11.7 Å². The van der Waals surface area contributed by atoms with Gasteiger partial charge in [-0.15, -0.1) is 5.10 Å². The van der Waals surface area contributed by atoms with Crippen molar-refractivity contribution in [3.63, 3.8) is 0 Å². The van der Waals surface area contributed by atoms with Crippen molar-refractivity contribution in [1.82, 2.24) is 19.8 Å².